The Morgan fingerprint density at radius 3 is 0.859 bits per heavy atom. The van der Waals surface area contributed by atoms with E-state index in [4.69, 9.17) is 9.05 Å². The highest BCUT2D eigenvalue weighted by atomic mass is 31.1. The van der Waals surface area contributed by atoms with Crippen LogP contribution in [0.25, 0.3) is 11.1 Å². The quantitative estimate of drug-likeness (QED) is 0.107. The van der Waals surface area contributed by atoms with Crippen molar-refractivity contribution in [2.24, 2.45) is 0 Å². The third kappa shape index (κ3) is 9.52. The summed E-state index contributed by atoms with van der Waals surface area (Å²) in [6.07, 6.45) is 1.48. The van der Waals surface area contributed by atoms with Crippen LogP contribution in [-0.4, -0.2) is 0 Å². The predicted octanol–water partition coefficient (Wildman–Crippen LogP) is 14.5. The minimum absolute atomic E-state index is 0.741. The van der Waals surface area contributed by atoms with Crippen LogP contribution in [0.15, 0.2) is 158 Å². The van der Waals surface area contributed by atoms with E-state index in [1.165, 1.54) is 99.1 Å². The summed E-state index contributed by atoms with van der Waals surface area (Å²) in [6, 6.07) is 57.2. The molecule has 0 bridgehead atoms. The molecule has 0 saturated carbocycles. The van der Waals surface area contributed by atoms with Gasteiger partial charge in [-0.15, -0.1) is 0 Å². The van der Waals surface area contributed by atoms with Gasteiger partial charge in [-0.3, -0.25) is 0 Å². The molecule has 0 heterocycles. The van der Waals surface area contributed by atoms with Crippen molar-refractivity contribution in [3.63, 3.8) is 0 Å². The van der Waals surface area contributed by atoms with Crippen LogP contribution in [0.1, 0.15) is 77.9 Å². The highest BCUT2D eigenvalue weighted by molar-refractivity contribution is 7.69. The third-order valence-corrected chi connectivity index (χ3v) is 16.5. The summed E-state index contributed by atoms with van der Waals surface area (Å²) in [6.45, 7) is 22.5. The molecule has 0 aromatic heterocycles. The number of benzene rings is 8. The van der Waals surface area contributed by atoms with Gasteiger partial charge in [0.2, 0.25) is 0 Å². The van der Waals surface area contributed by atoms with Crippen LogP contribution >= 0.6 is 16.3 Å². The average molecular weight is 875 g/mol. The molecule has 8 aromatic carbocycles. The Morgan fingerprint density at radius 2 is 0.594 bits per heavy atom. The van der Waals surface area contributed by atoms with Crippen molar-refractivity contribution in [2.75, 3.05) is 0 Å². The molecule has 322 valence electrons. The monoisotopic (exact) mass is 874 g/mol. The van der Waals surface area contributed by atoms with Crippen molar-refractivity contribution in [1.82, 2.24) is 0 Å². The van der Waals surface area contributed by atoms with Gasteiger partial charge in [-0.05, 0) is 136 Å². The fourth-order valence-electron chi connectivity index (χ4n) is 9.30. The molecule has 0 aliphatic carbocycles. The second-order valence-electron chi connectivity index (χ2n) is 17.6. The third-order valence-electron chi connectivity index (χ3n) is 12.7. The van der Waals surface area contributed by atoms with Crippen LogP contribution in [0.4, 0.5) is 0 Å². The molecule has 0 aliphatic rings. The molecule has 0 fully saturated rings. The van der Waals surface area contributed by atoms with Crippen molar-refractivity contribution < 1.29 is 9.05 Å². The molecule has 0 spiro atoms. The van der Waals surface area contributed by atoms with Crippen LogP contribution in [0.3, 0.4) is 0 Å². The van der Waals surface area contributed by atoms with E-state index in [2.05, 4.69) is 227 Å². The average Bonchev–Trinajstić information content (AvgIpc) is 3.28. The zero-order chi connectivity index (χ0) is 45.1. The minimum atomic E-state index is -1.28. The first-order valence-corrected chi connectivity index (χ1v) is 25.0. The van der Waals surface area contributed by atoms with E-state index in [-0.39, 0.29) is 0 Å². The van der Waals surface area contributed by atoms with Crippen LogP contribution in [0.5, 0.6) is 11.5 Å². The Labute approximate surface area is 385 Å². The van der Waals surface area contributed by atoms with E-state index in [0.29, 0.717) is 0 Å². The molecule has 0 N–H and O–H groups in total. The summed E-state index contributed by atoms with van der Waals surface area (Å²) in [5, 5.41) is 4.67. The molecule has 2 nitrogen and oxygen atoms in total. The summed E-state index contributed by atoms with van der Waals surface area (Å²) in [7, 11) is -2.56. The smallest absolute Gasteiger partial charge is 0.150 e. The Bertz CT molecular complexity index is 2600. The van der Waals surface area contributed by atoms with Crippen molar-refractivity contribution in [2.45, 2.75) is 82.1 Å². The first-order valence-electron chi connectivity index (χ1n) is 22.4. The molecule has 0 atom stereocenters. The van der Waals surface area contributed by atoms with E-state index in [0.717, 1.165) is 35.5 Å². The number of hydrogen-bond donors (Lipinski definition) is 0. The topological polar surface area (TPSA) is 18.5 Å². The first-order chi connectivity index (χ1) is 30.9. The van der Waals surface area contributed by atoms with Crippen molar-refractivity contribution >= 4 is 37.5 Å². The maximum absolute atomic E-state index is 7.86. The van der Waals surface area contributed by atoms with Crippen molar-refractivity contribution in [1.29, 1.82) is 0 Å². The molecule has 8 aromatic rings. The van der Waals surface area contributed by atoms with Crippen molar-refractivity contribution in [3.8, 4) is 22.6 Å². The SMILES string of the molecule is Cc1cc(C)c(Cc2cc(C)c(C)c(-c3c(C)c(C)cc(Cc4c(C)cc(C)cc4C)c3OP(c3ccccc3)c3ccccc3)c2OP(c2ccccc2)c2ccccc2)c(C)c1. The molecule has 0 radical (unpaired) electrons. The van der Waals surface area contributed by atoms with Gasteiger partial charge in [-0.1, -0.05) is 169 Å². The standard InChI is InChI=1S/C60H60O2P2/c1-39-31-43(5)55(44(6)32-39)37-49-35-41(3)47(9)57(59(49)61-63(51-23-15-11-16-24-51)52-25-17-12-18-26-52)58-48(10)42(4)36-50(38-56-45(7)33-40(2)34-46(56)8)60(58)62-64(53-27-19-13-20-28-53)54-29-21-14-22-30-54/h11-36H,37-38H2,1-10H3. The van der Waals surface area contributed by atoms with E-state index in [1.807, 2.05) is 0 Å². The van der Waals surface area contributed by atoms with Gasteiger partial charge in [0.1, 0.15) is 11.5 Å². The molecule has 8 rings (SSSR count). The van der Waals surface area contributed by atoms with Crippen LogP contribution < -0.4 is 30.3 Å². The van der Waals surface area contributed by atoms with Crippen molar-refractivity contribution in [3.05, 3.63) is 236 Å². The van der Waals surface area contributed by atoms with E-state index < -0.39 is 16.3 Å². The molecule has 64 heavy (non-hydrogen) atoms. The molecule has 0 unspecified atom stereocenters. The summed E-state index contributed by atoms with van der Waals surface area (Å²) in [5.74, 6) is 1.86. The largest absolute Gasteiger partial charge is 0.464 e. The lowest BCUT2D eigenvalue weighted by Crippen LogP contribution is -2.18. The Hall–Kier alpha value is -5.78. The van der Waals surface area contributed by atoms with Crippen LogP contribution in [0, 0.1) is 69.2 Å². The number of hydrogen-bond acceptors (Lipinski definition) is 2. The van der Waals surface area contributed by atoms with Gasteiger partial charge in [0, 0.05) is 45.2 Å². The highest BCUT2D eigenvalue weighted by Crippen LogP contribution is 2.53. The van der Waals surface area contributed by atoms with Crippen LogP contribution in [-0.2, 0) is 12.8 Å². The number of rotatable bonds is 13. The molecular weight excluding hydrogens is 815 g/mol. The summed E-state index contributed by atoms with van der Waals surface area (Å²) >= 11 is 0. The van der Waals surface area contributed by atoms with Gasteiger partial charge in [-0.25, -0.2) is 0 Å². The number of aryl methyl sites for hydroxylation is 8. The summed E-state index contributed by atoms with van der Waals surface area (Å²) < 4.78 is 15.7. The predicted molar refractivity (Wildman–Crippen MR) is 277 cm³/mol. The van der Waals surface area contributed by atoms with E-state index in [9.17, 15) is 0 Å². The highest BCUT2D eigenvalue weighted by Gasteiger charge is 2.31. The van der Waals surface area contributed by atoms with Gasteiger partial charge < -0.3 is 9.05 Å². The van der Waals surface area contributed by atoms with Crippen LogP contribution in [0.2, 0.25) is 0 Å². The van der Waals surface area contributed by atoms with Gasteiger partial charge >= 0.3 is 0 Å². The fourth-order valence-corrected chi connectivity index (χ4v) is 12.9. The zero-order valence-corrected chi connectivity index (χ0v) is 40.9. The lowest BCUT2D eigenvalue weighted by atomic mass is 9.84. The maximum Gasteiger partial charge on any atom is 0.150 e. The maximum atomic E-state index is 7.86. The summed E-state index contributed by atoms with van der Waals surface area (Å²) in [4.78, 5) is 0. The van der Waals surface area contributed by atoms with Gasteiger partial charge in [0.25, 0.3) is 0 Å². The Balaban J connectivity index is 1.47. The molecule has 0 saturated heterocycles. The fraction of sp³-hybridized carbons (Fsp3) is 0.200. The first kappa shape index (κ1) is 44.8. The van der Waals surface area contributed by atoms with E-state index >= 15 is 0 Å². The lowest BCUT2D eigenvalue weighted by molar-refractivity contribution is 0.611. The second-order valence-corrected chi connectivity index (χ2v) is 21.2. The minimum Gasteiger partial charge on any atom is -0.464 e. The molecule has 0 amide bonds. The lowest BCUT2D eigenvalue weighted by Gasteiger charge is -2.30. The molecule has 0 aliphatic heterocycles. The van der Waals surface area contributed by atoms with Gasteiger partial charge in [0.15, 0.2) is 16.3 Å². The molecule has 4 heteroatoms. The Kier molecular flexibility index (Phi) is 13.7. The second kappa shape index (κ2) is 19.5. The summed E-state index contributed by atoms with van der Waals surface area (Å²) in [5.41, 5.74) is 19.9. The van der Waals surface area contributed by atoms with Gasteiger partial charge in [-0.2, -0.15) is 0 Å². The van der Waals surface area contributed by atoms with E-state index in [1.54, 1.807) is 0 Å². The Morgan fingerprint density at radius 1 is 0.328 bits per heavy atom. The van der Waals surface area contributed by atoms with Gasteiger partial charge in [0.05, 0.1) is 0 Å². The zero-order valence-electron chi connectivity index (χ0n) is 39.1. The normalized spacial score (nSPS) is 11.4. The molecular formula is C60H60O2P2.